The lowest BCUT2D eigenvalue weighted by Gasteiger charge is -2.18. The van der Waals surface area contributed by atoms with Gasteiger partial charge in [-0.2, -0.15) is 8.42 Å². The molecule has 1 aliphatic heterocycles. The van der Waals surface area contributed by atoms with Gasteiger partial charge in [-0.05, 0) is 0 Å². The number of hydrogen-bond acceptors (Lipinski definition) is 8. The standard InChI is InChI=1S/C13H13NO8S2/c15-10-6-9(24(19,20)21)12(17)14(10)22-11(16)7-23-13(18)8-4-2-1-3-5-8/h1-5,9-10,15H,6-7H2,(H,19,20,21). The molecule has 11 heteroatoms. The Morgan fingerprint density at radius 2 is 1.92 bits per heavy atom. The lowest BCUT2D eigenvalue weighted by atomic mass is 10.2. The van der Waals surface area contributed by atoms with Crippen LogP contribution < -0.4 is 0 Å². The first-order valence-corrected chi connectivity index (χ1v) is 9.09. The minimum Gasteiger partial charge on any atom is -0.370 e. The first kappa shape index (κ1) is 18.4. The van der Waals surface area contributed by atoms with Crippen molar-refractivity contribution in [1.82, 2.24) is 5.06 Å². The normalized spacial score (nSPS) is 20.9. The quantitative estimate of drug-likeness (QED) is 0.671. The third-order valence-electron chi connectivity index (χ3n) is 3.08. The van der Waals surface area contributed by atoms with Crippen LogP contribution in [0.4, 0.5) is 0 Å². The number of carbonyl (C=O) groups excluding carboxylic acids is 3. The van der Waals surface area contributed by atoms with Gasteiger partial charge in [-0.1, -0.05) is 42.1 Å². The number of benzene rings is 1. The van der Waals surface area contributed by atoms with E-state index in [0.29, 0.717) is 17.3 Å². The second-order valence-electron chi connectivity index (χ2n) is 4.79. The van der Waals surface area contributed by atoms with Crippen molar-refractivity contribution >= 4 is 38.9 Å². The van der Waals surface area contributed by atoms with Gasteiger partial charge in [0.05, 0.1) is 0 Å². The fraction of sp³-hybridized carbons (Fsp3) is 0.308. The summed E-state index contributed by atoms with van der Waals surface area (Å²) < 4.78 is 30.9. The van der Waals surface area contributed by atoms with Gasteiger partial charge >= 0.3 is 5.97 Å². The van der Waals surface area contributed by atoms with Crippen LogP contribution in [0.1, 0.15) is 16.8 Å². The molecule has 9 nitrogen and oxygen atoms in total. The van der Waals surface area contributed by atoms with Gasteiger partial charge in [0.25, 0.3) is 16.0 Å². The molecule has 2 unspecified atom stereocenters. The number of amides is 1. The largest absolute Gasteiger partial charge is 0.370 e. The van der Waals surface area contributed by atoms with Crippen LogP contribution in [-0.2, 0) is 24.5 Å². The summed E-state index contributed by atoms with van der Waals surface area (Å²) in [5.41, 5.74) is 0.374. The molecule has 0 saturated carbocycles. The average molecular weight is 375 g/mol. The monoisotopic (exact) mass is 375 g/mol. The minimum absolute atomic E-state index is 0.189. The number of hydrogen-bond donors (Lipinski definition) is 2. The predicted molar refractivity (Wildman–Crippen MR) is 82.1 cm³/mol. The van der Waals surface area contributed by atoms with E-state index in [1.807, 2.05) is 0 Å². The third-order valence-corrected chi connectivity index (χ3v) is 5.07. The summed E-state index contributed by atoms with van der Waals surface area (Å²) in [7, 11) is -4.72. The van der Waals surface area contributed by atoms with Gasteiger partial charge in [0.15, 0.2) is 11.5 Å². The van der Waals surface area contributed by atoms with Crippen LogP contribution in [0.25, 0.3) is 0 Å². The Bertz CT molecular complexity index is 748. The Kier molecular flexibility index (Phi) is 5.59. The van der Waals surface area contributed by atoms with E-state index in [4.69, 9.17) is 4.55 Å². The highest BCUT2D eigenvalue weighted by molar-refractivity contribution is 8.14. The van der Waals surface area contributed by atoms with Crippen molar-refractivity contribution in [2.24, 2.45) is 0 Å². The van der Waals surface area contributed by atoms with E-state index in [9.17, 15) is 27.9 Å². The fourth-order valence-corrected chi connectivity index (χ4v) is 3.33. The molecule has 1 heterocycles. The Hall–Kier alpha value is -1.95. The summed E-state index contributed by atoms with van der Waals surface area (Å²) in [6.45, 7) is 0. The van der Waals surface area contributed by atoms with Crippen LogP contribution in [0.15, 0.2) is 30.3 Å². The Balaban J connectivity index is 1.91. The van der Waals surface area contributed by atoms with E-state index in [2.05, 4.69) is 4.84 Å². The average Bonchev–Trinajstić information content (AvgIpc) is 2.81. The van der Waals surface area contributed by atoms with Gasteiger partial charge in [-0.3, -0.25) is 14.1 Å². The SMILES string of the molecule is O=C(CSC(=O)c1ccccc1)ON1C(=O)C(S(=O)(=O)O)CC1O. The van der Waals surface area contributed by atoms with Gasteiger partial charge in [-0.25, -0.2) is 4.79 Å². The van der Waals surface area contributed by atoms with Crippen molar-refractivity contribution in [2.75, 3.05) is 5.75 Å². The molecule has 1 amide bonds. The Morgan fingerprint density at radius 1 is 1.29 bits per heavy atom. The van der Waals surface area contributed by atoms with Gasteiger partial charge < -0.3 is 9.94 Å². The second kappa shape index (κ2) is 7.30. The van der Waals surface area contributed by atoms with E-state index in [1.54, 1.807) is 30.3 Å². The van der Waals surface area contributed by atoms with Gasteiger partial charge in [0.2, 0.25) is 5.12 Å². The first-order chi connectivity index (χ1) is 11.2. The van der Waals surface area contributed by atoms with Gasteiger partial charge in [0.1, 0.15) is 5.75 Å². The molecule has 2 rings (SSSR count). The fourth-order valence-electron chi connectivity index (χ4n) is 1.95. The molecule has 2 atom stereocenters. The number of rotatable bonds is 5. The molecule has 24 heavy (non-hydrogen) atoms. The molecule has 1 aromatic rings. The molecule has 1 saturated heterocycles. The molecule has 1 aliphatic rings. The third kappa shape index (κ3) is 4.32. The van der Waals surface area contributed by atoms with Crippen LogP contribution in [0.5, 0.6) is 0 Å². The van der Waals surface area contributed by atoms with E-state index < -0.39 is 50.8 Å². The van der Waals surface area contributed by atoms with Gasteiger partial charge in [-0.15, -0.1) is 5.06 Å². The number of aliphatic hydroxyl groups excluding tert-OH is 1. The molecule has 0 aromatic heterocycles. The molecular formula is C13H13NO8S2. The zero-order valence-electron chi connectivity index (χ0n) is 12.1. The summed E-state index contributed by atoms with van der Waals surface area (Å²) in [4.78, 5) is 39.8. The van der Waals surface area contributed by atoms with Crippen LogP contribution in [0, 0.1) is 0 Å². The van der Waals surface area contributed by atoms with E-state index in [-0.39, 0.29) is 5.06 Å². The maximum Gasteiger partial charge on any atom is 0.342 e. The van der Waals surface area contributed by atoms with Crippen LogP contribution in [0.2, 0.25) is 0 Å². The van der Waals surface area contributed by atoms with Crippen molar-refractivity contribution in [3.05, 3.63) is 35.9 Å². The molecule has 0 bridgehead atoms. The Morgan fingerprint density at radius 3 is 2.46 bits per heavy atom. The smallest absolute Gasteiger partial charge is 0.342 e. The van der Waals surface area contributed by atoms with Crippen LogP contribution >= 0.6 is 11.8 Å². The molecule has 0 spiro atoms. The second-order valence-corrected chi connectivity index (χ2v) is 7.34. The first-order valence-electron chi connectivity index (χ1n) is 6.60. The summed E-state index contributed by atoms with van der Waals surface area (Å²) in [5, 5.41) is 7.48. The summed E-state index contributed by atoms with van der Waals surface area (Å²) in [6, 6.07) is 8.15. The van der Waals surface area contributed by atoms with Crippen LogP contribution in [-0.4, -0.2) is 57.4 Å². The number of thioether (sulfide) groups is 1. The number of nitrogens with zero attached hydrogens (tertiary/aromatic N) is 1. The molecule has 1 fully saturated rings. The van der Waals surface area contributed by atoms with Crippen molar-refractivity contribution in [1.29, 1.82) is 0 Å². The van der Waals surface area contributed by atoms with E-state index >= 15 is 0 Å². The maximum atomic E-state index is 11.8. The summed E-state index contributed by atoms with van der Waals surface area (Å²) in [5.74, 6) is -2.72. The van der Waals surface area contributed by atoms with E-state index in [0.717, 1.165) is 0 Å². The predicted octanol–water partition coefficient (Wildman–Crippen LogP) is -0.175. The topological polar surface area (TPSA) is 138 Å². The van der Waals surface area contributed by atoms with Crippen molar-refractivity contribution < 1.29 is 37.3 Å². The number of hydroxylamine groups is 2. The molecule has 0 radical (unpaired) electrons. The maximum absolute atomic E-state index is 11.8. The van der Waals surface area contributed by atoms with Crippen molar-refractivity contribution in [3.8, 4) is 0 Å². The molecule has 2 N–H and O–H groups in total. The highest BCUT2D eigenvalue weighted by Gasteiger charge is 2.48. The molecular weight excluding hydrogens is 362 g/mol. The van der Waals surface area contributed by atoms with Crippen molar-refractivity contribution in [2.45, 2.75) is 17.9 Å². The van der Waals surface area contributed by atoms with Crippen LogP contribution in [0.3, 0.4) is 0 Å². The highest BCUT2D eigenvalue weighted by atomic mass is 32.2. The number of aliphatic hydroxyl groups is 1. The molecule has 0 aliphatic carbocycles. The lowest BCUT2D eigenvalue weighted by Crippen LogP contribution is -2.38. The highest BCUT2D eigenvalue weighted by Crippen LogP contribution is 2.23. The Labute approximate surface area is 141 Å². The summed E-state index contributed by atoms with van der Waals surface area (Å²) >= 11 is 0.629. The lowest BCUT2D eigenvalue weighted by molar-refractivity contribution is -0.218. The minimum atomic E-state index is -4.72. The molecule has 1 aromatic carbocycles. The zero-order chi connectivity index (χ0) is 17.9. The zero-order valence-corrected chi connectivity index (χ0v) is 13.7. The van der Waals surface area contributed by atoms with Crippen molar-refractivity contribution in [3.63, 3.8) is 0 Å². The van der Waals surface area contributed by atoms with E-state index in [1.165, 1.54) is 0 Å². The van der Waals surface area contributed by atoms with Gasteiger partial charge in [0, 0.05) is 12.0 Å². The molecule has 130 valence electrons. The summed E-state index contributed by atoms with van der Waals surface area (Å²) in [6.07, 6.45) is -2.32. The number of carbonyl (C=O) groups is 3.